The second kappa shape index (κ2) is 8.27. The van der Waals surface area contributed by atoms with Crippen LogP contribution in [0.2, 0.25) is 0 Å². The molecular formula is C19H27N2OS+. The van der Waals surface area contributed by atoms with Gasteiger partial charge in [0.1, 0.15) is 6.54 Å². The molecule has 23 heavy (non-hydrogen) atoms. The van der Waals surface area contributed by atoms with E-state index in [0.29, 0.717) is 5.92 Å². The summed E-state index contributed by atoms with van der Waals surface area (Å²) in [5.74, 6) is 0.584. The smallest absolute Gasteiger partial charge is 0.282 e. The number of carbonyl (C=O) groups is 1. The molecule has 2 N–H and O–H groups in total. The number of anilines is 1. The fraction of sp³-hybridized carbons (Fsp3) is 0.421. The van der Waals surface area contributed by atoms with E-state index in [4.69, 9.17) is 0 Å². The fourth-order valence-electron chi connectivity index (χ4n) is 2.61. The molecule has 1 amide bonds. The molecule has 0 radical (unpaired) electrons. The standard InChI is InChI=1S/C19H26N2OS/c1-5-21(13-18-7-6-12-23-18)15(4)19(22)20-17-10-8-16(9-11-17)14(2)3/h6-12,14-15H,5,13H2,1-4H3,(H,20,22)/p+1/t15-/m1/s1. The number of likely N-dealkylation sites (N-methyl/N-ethyl adjacent to an activating group) is 1. The largest absolute Gasteiger partial charge is 0.321 e. The highest BCUT2D eigenvalue weighted by Gasteiger charge is 2.24. The van der Waals surface area contributed by atoms with Gasteiger partial charge >= 0.3 is 0 Å². The molecule has 0 aliphatic rings. The lowest BCUT2D eigenvalue weighted by Gasteiger charge is -2.23. The van der Waals surface area contributed by atoms with Crippen LogP contribution in [0.1, 0.15) is 44.1 Å². The Hall–Kier alpha value is -1.65. The molecule has 0 saturated heterocycles. The normalized spacial score (nSPS) is 13.8. The topological polar surface area (TPSA) is 33.5 Å². The molecular weight excluding hydrogens is 304 g/mol. The van der Waals surface area contributed by atoms with E-state index < -0.39 is 0 Å². The molecule has 1 aromatic carbocycles. The average Bonchev–Trinajstić information content (AvgIpc) is 3.05. The molecule has 0 aliphatic carbocycles. The van der Waals surface area contributed by atoms with Gasteiger partial charge in [-0.3, -0.25) is 4.79 Å². The van der Waals surface area contributed by atoms with Gasteiger partial charge in [-0.1, -0.05) is 32.0 Å². The minimum absolute atomic E-state index is 0.0770. The number of quaternary nitrogens is 1. The van der Waals surface area contributed by atoms with Crippen molar-refractivity contribution < 1.29 is 9.69 Å². The molecule has 1 aromatic heterocycles. The van der Waals surface area contributed by atoms with Crippen molar-refractivity contribution in [2.45, 2.75) is 46.2 Å². The Morgan fingerprint density at radius 1 is 1.17 bits per heavy atom. The molecule has 1 heterocycles. The van der Waals surface area contributed by atoms with Crippen LogP contribution in [0, 0.1) is 0 Å². The van der Waals surface area contributed by atoms with Crippen molar-refractivity contribution in [3.8, 4) is 0 Å². The molecule has 0 aliphatic heterocycles. The predicted molar refractivity (Wildman–Crippen MR) is 98.1 cm³/mol. The lowest BCUT2D eigenvalue weighted by molar-refractivity contribution is -0.925. The van der Waals surface area contributed by atoms with Crippen LogP contribution in [0.15, 0.2) is 41.8 Å². The van der Waals surface area contributed by atoms with Gasteiger partial charge < -0.3 is 10.2 Å². The number of benzene rings is 1. The number of hydrogen-bond donors (Lipinski definition) is 2. The van der Waals surface area contributed by atoms with Crippen LogP contribution in [0.3, 0.4) is 0 Å². The Balaban J connectivity index is 1.97. The third-order valence-corrected chi connectivity index (χ3v) is 5.16. The van der Waals surface area contributed by atoms with E-state index in [1.54, 1.807) is 11.3 Å². The van der Waals surface area contributed by atoms with Crippen molar-refractivity contribution >= 4 is 22.9 Å². The first kappa shape index (κ1) is 17.7. The Kier molecular flexibility index (Phi) is 6.37. The van der Waals surface area contributed by atoms with Crippen molar-refractivity contribution in [2.24, 2.45) is 0 Å². The van der Waals surface area contributed by atoms with Gasteiger partial charge in [0, 0.05) is 5.69 Å². The summed E-state index contributed by atoms with van der Waals surface area (Å²) in [7, 11) is 0. The van der Waals surface area contributed by atoms with Crippen molar-refractivity contribution in [1.29, 1.82) is 0 Å². The summed E-state index contributed by atoms with van der Waals surface area (Å²) in [6.07, 6.45) is 0. The maximum Gasteiger partial charge on any atom is 0.282 e. The van der Waals surface area contributed by atoms with Crippen LogP contribution in [-0.4, -0.2) is 18.5 Å². The van der Waals surface area contributed by atoms with E-state index >= 15 is 0 Å². The maximum atomic E-state index is 12.5. The third-order valence-electron chi connectivity index (χ3n) is 4.29. The summed E-state index contributed by atoms with van der Waals surface area (Å²) in [6.45, 7) is 10.3. The van der Waals surface area contributed by atoms with Gasteiger partial charge in [-0.15, -0.1) is 11.3 Å². The Morgan fingerprint density at radius 3 is 2.39 bits per heavy atom. The molecule has 124 valence electrons. The van der Waals surface area contributed by atoms with Gasteiger partial charge in [-0.2, -0.15) is 0 Å². The maximum absolute atomic E-state index is 12.5. The minimum Gasteiger partial charge on any atom is -0.321 e. The summed E-state index contributed by atoms with van der Waals surface area (Å²) in [5, 5.41) is 5.13. The summed E-state index contributed by atoms with van der Waals surface area (Å²) >= 11 is 1.75. The van der Waals surface area contributed by atoms with Gasteiger partial charge in [0.25, 0.3) is 5.91 Å². The van der Waals surface area contributed by atoms with Gasteiger partial charge in [0.15, 0.2) is 6.04 Å². The SMILES string of the molecule is CC[NH+](Cc1cccs1)[C@H](C)C(=O)Nc1ccc(C(C)C)cc1. The molecule has 4 heteroatoms. The highest BCUT2D eigenvalue weighted by molar-refractivity contribution is 7.09. The number of hydrogen-bond acceptors (Lipinski definition) is 2. The first-order valence-corrected chi connectivity index (χ1v) is 9.17. The number of thiophene rings is 1. The molecule has 1 unspecified atom stereocenters. The summed E-state index contributed by atoms with van der Waals surface area (Å²) in [5.41, 5.74) is 2.16. The van der Waals surface area contributed by atoms with E-state index in [-0.39, 0.29) is 11.9 Å². The Labute approximate surface area is 143 Å². The molecule has 2 rings (SSSR count). The van der Waals surface area contributed by atoms with E-state index in [0.717, 1.165) is 18.8 Å². The fourth-order valence-corrected chi connectivity index (χ4v) is 3.37. The van der Waals surface area contributed by atoms with Crippen LogP contribution in [0.4, 0.5) is 5.69 Å². The lowest BCUT2D eigenvalue weighted by atomic mass is 10.0. The van der Waals surface area contributed by atoms with E-state index in [2.05, 4.69) is 55.7 Å². The highest BCUT2D eigenvalue weighted by atomic mass is 32.1. The molecule has 0 spiro atoms. The van der Waals surface area contributed by atoms with Crippen LogP contribution < -0.4 is 10.2 Å². The van der Waals surface area contributed by atoms with E-state index in [9.17, 15) is 4.79 Å². The molecule has 2 atom stereocenters. The molecule has 0 fully saturated rings. The predicted octanol–water partition coefficient (Wildman–Crippen LogP) is 3.30. The van der Waals surface area contributed by atoms with Gasteiger partial charge in [-0.05, 0) is 48.9 Å². The summed E-state index contributed by atoms with van der Waals surface area (Å²) in [6, 6.07) is 12.3. The van der Waals surface area contributed by atoms with Crippen molar-refractivity contribution in [2.75, 3.05) is 11.9 Å². The van der Waals surface area contributed by atoms with Crippen LogP contribution in [0.25, 0.3) is 0 Å². The minimum atomic E-state index is -0.0770. The first-order valence-electron chi connectivity index (χ1n) is 8.29. The molecule has 2 aromatic rings. The lowest BCUT2D eigenvalue weighted by Crippen LogP contribution is -3.15. The zero-order valence-corrected chi connectivity index (χ0v) is 15.2. The zero-order chi connectivity index (χ0) is 16.8. The van der Waals surface area contributed by atoms with Crippen molar-refractivity contribution in [3.05, 3.63) is 52.2 Å². The van der Waals surface area contributed by atoms with Gasteiger partial charge in [0.05, 0.1) is 11.4 Å². The van der Waals surface area contributed by atoms with Crippen molar-refractivity contribution in [1.82, 2.24) is 0 Å². The van der Waals surface area contributed by atoms with Crippen molar-refractivity contribution in [3.63, 3.8) is 0 Å². The zero-order valence-electron chi connectivity index (χ0n) is 14.4. The quantitative estimate of drug-likeness (QED) is 0.802. The summed E-state index contributed by atoms with van der Waals surface area (Å²) < 4.78 is 0. The van der Waals surface area contributed by atoms with Crippen LogP contribution in [-0.2, 0) is 11.3 Å². The molecule has 3 nitrogen and oxygen atoms in total. The van der Waals surface area contributed by atoms with E-state index in [1.807, 2.05) is 19.1 Å². The summed E-state index contributed by atoms with van der Waals surface area (Å²) in [4.78, 5) is 15.1. The highest BCUT2D eigenvalue weighted by Crippen LogP contribution is 2.17. The molecule has 0 saturated carbocycles. The average molecular weight is 332 g/mol. The van der Waals surface area contributed by atoms with Crippen LogP contribution >= 0.6 is 11.3 Å². The number of rotatable bonds is 7. The Morgan fingerprint density at radius 2 is 1.87 bits per heavy atom. The van der Waals surface area contributed by atoms with Gasteiger partial charge in [0.2, 0.25) is 0 Å². The molecule has 0 bridgehead atoms. The monoisotopic (exact) mass is 331 g/mol. The van der Waals surface area contributed by atoms with Crippen LogP contribution in [0.5, 0.6) is 0 Å². The van der Waals surface area contributed by atoms with Gasteiger partial charge in [-0.25, -0.2) is 0 Å². The number of amides is 1. The number of carbonyl (C=O) groups excluding carboxylic acids is 1. The third kappa shape index (κ3) is 4.91. The van der Waals surface area contributed by atoms with E-state index in [1.165, 1.54) is 15.3 Å². The second-order valence-corrected chi connectivity index (χ2v) is 7.29. The second-order valence-electron chi connectivity index (χ2n) is 6.26. The Bertz CT molecular complexity index is 605. The number of nitrogens with one attached hydrogen (secondary N) is 2. The first-order chi connectivity index (χ1) is 11.0.